The van der Waals surface area contributed by atoms with Crippen LogP contribution in [0.5, 0.6) is 0 Å². The monoisotopic (exact) mass is 308 g/mol. The molecule has 0 spiro atoms. The lowest BCUT2D eigenvalue weighted by molar-refractivity contribution is -0.116. The van der Waals surface area contributed by atoms with E-state index in [1.54, 1.807) is 11.8 Å². The summed E-state index contributed by atoms with van der Waals surface area (Å²) in [7, 11) is 0. The molecule has 1 unspecified atom stereocenters. The molecule has 0 saturated carbocycles. The number of carbonyl (C=O) groups is 1. The van der Waals surface area contributed by atoms with Crippen molar-refractivity contribution >= 4 is 23.4 Å². The molecule has 1 amide bonds. The van der Waals surface area contributed by atoms with Crippen LogP contribution in [0.25, 0.3) is 0 Å². The first-order chi connectivity index (χ1) is 10.2. The van der Waals surface area contributed by atoms with Gasteiger partial charge in [0.25, 0.3) is 0 Å². The second-order valence-electron chi connectivity index (χ2n) is 5.25. The summed E-state index contributed by atoms with van der Waals surface area (Å²) in [5.41, 5.74) is 6.57. The van der Waals surface area contributed by atoms with E-state index in [4.69, 9.17) is 5.73 Å². The molecule has 4 heteroatoms. The first-order valence-electron chi connectivity index (χ1n) is 7.93. The highest BCUT2D eigenvalue weighted by Crippen LogP contribution is 2.27. The van der Waals surface area contributed by atoms with Gasteiger partial charge in [-0.3, -0.25) is 4.79 Å². The zero-order valence-electron chi connectivity index (χ0n) is 13.2. The predicted molar refractivity (Wildman–Crippen MR) is 92.8 cm³/mol. The van der Waals surface area contributed by atoms with E-state index >= 15 is 0 Å². The fourth-order valence-electron chi connectivity index (χ4n) is 2.48. The van der Waals surface area contributed by atoms with Crippen LogP contribution in [-0.4, -0.2) is 18.2 Å². The van der Waals surface area contributed by atoms with Crippen molar-refractivity contribution in [2.24, 2.45) is 11.7 Å². The van der Waals surface area contributed by atoms with Gasteiger partial charge < -0.3 is 11.1 Å². The van der Waals surface area contributed by atoms with Gasteiger partial charge in [-0.25, -0.2) is 0 Å². The number of thioether (sulfide) groups is 1. The Labute approximate surface area is 133 Å². The minimum Gasteiger partial charge on any atom is -0.330 e. The molecular formula is C17H28N2OS. The van der Waals surface area contributed by atoms with Gasteiger partial charge in [0.15, 0.2) is 0 Å². The first-order valence-corrected chi connectivity index (χ1v) is 8.91. The van der Waals surface area contributed by atoms with Crippen LogP contribution in [0.1, 0.15) is 46.0 Å². The fraction of sp³-hybridized carbons (Fsp3) is 0.588. The summed E-state index contributed by atoms with van der Waals surface area (Å²) in [5.74, 6) is 1.69. The molecule has 0 aromatic heterocycles. The number of carbonyl (C=O) groups excluding carboxylic acids is 1. The molecule has 3 N–H and O–H groups in total. The van der Waals surface area contributed by atoms with Crippen LogP contribution in [0.15, 0.2) is 29.2 Å². The van der Waals surface area contributed by atoms with Crippen LogP contribution in [0.3, 0.4) is 0 Å². The molecule has 0 aliphatic carbocycles. The summed E-state index contributed by atoms with van der Waals surface area (Å²) in [6.45, 7) is 5.01. The summed E-state index contributed by atoms with van der Waals surface area (Å²) in [5, 5.41) is 3.04. The van der Waals surface area contributed by atoms with Crippen molar-refractivity contribution in [3.05, 3.63) is 24.3 Å². The molecule has 21 heavy (non-hydrogen) atoms. The molecule has 0 saturated heterocycles. The molecule has 3 nitrogen and oxygen atoms in total. The van der Waals surface area contributed by atoms with Gasteiger partial charge in [0.05, 0.1) is 5.69 Å². The zero-order valence-corrected chi connectivity index (χ0v) is 14.0. The molecule has 1 rings (SSSR count). The van der Waals surface area contributed by atoms with Crippen LogP contribution in [0.2, 0.25) is 0 Å². The third kappa shape index (κ3) is 7.00. The summed E-state index contributed by atoms with van der Waals surface area (Å²) in [6, 6.07) is 7.99. The van der Waals surface area contributed by atoms with Gasteiger partial charge >= 0.3 is 0 Å². The third-order valence-corrected chi connectivity index (χ3v) is 4.47. The van der Waals surface area contributed by atoms with E-state index in [1.807, 2.05) is 18.2 Å². The summed E-state index contributed by atoms with van der Waals surface area (Å²) < 4.78 is 0. The number of hydrogen-bond donors (Lipinski definition) is 2. The number of benzene rings is 1. The maximum atomic E-state index is 12.1. The Hall–Kier alpha value is -1.00. The maximum absolute atomic E-state index is 12.1. The van der Waals surface area contributed by atoms with Crippen molar-refractivity contribution in [1.29, 1.82) is 0 Å². The van der Waals surface area contributed by atoms with Crippen LogP contribution < -0.4 is 11.1 Å². The fourth-order valence-corrected chi connectivity index (χ4v) is 3.24. The molecule has 0 radical (unpaired) electrons. The van der Waals surface area contributed by atoms with Crippen LogP contribution in [0, 0.1) is 5.92 Å². The number of para-hydroxylation sites is 1. The SMILES string of the molecule is CCCC(CCN)CCC(=O)Nc1ccccc1SCC. The Kier molecular flexibility index (Phi) is 9.19. The number of anilines is 1. The molecule has 0 heterocycles. The van der Waals surface area contributed by atoms with E-state index in [0.717, 1.165) is 42.0 Å². The Morgan fingerprint density at radius 3 is 2.67 bits per heavy atom. The molecule has 1 aromatic rings. The third-order valence-electron chi connectivity index (χ3n) is 3.51. The molecule has 0 aliphatic heterocycles. The van der Waals surface area contributed by atoms with Crippen molar-refractivity contribution in [2.75, 3.05) is 17.6 Å². The van der Waals surface area contributed by atoms with Gasteiger partial charge in [-0.05, 0) is 43.2 Å². The Bertz CT molecular complexity index is 417. The topological polar surface area (TPSA) is 55.1 Å². The quantitative estimate of drug-likeness (QED) is 0.634. The lowest BCUT2D eigenvalue weighted by atomic mass is 9.94. The molecule has 0 aliphatic rings. The number of rotatable bonds is 10. The van der Waals surface area contributed by atoms with Crippen LogP contribution in [-0.2, 0) is 4.79 Å². The second kappa shape index (κ2) is 10.7. The number of nitrogens with two attached hydrogens (primary N) is 1. The van der Waals surface area contributed by atoms with Crippen LogP contribution in [0.4, 0.5) is 5.69 Å². The molecule has 118 valence electrons. The van der Waals surface area contributed by atoms with E-state index in [2.05, 4.69) is 25.2 Å². The zero-order chi connectivity index (χ0) is 15.5. The van der Waals surface area contributed by atoms with Gasteiger partial charge in [-0.15, -0.1) is 11.8 Å². The lowest BCUT2D eigenvalue weighted by Gasteiger charge is -2.15. The van der Waals surface area contributed by atoms with Gasteiger partial charge in [0.2, 0.25) is 5.91 Å². The highest BCUT2D eigenvalue weighted by Gasteiger charge is 2.11. The lowest BCUT2D eigenvalue weighted by Crippen LogP contribution is -2.15. The van der Waals surface area contributed by atoms with E-state index in [9.17, 15) is 4.79 Å². The minimum absolute atomic E-state index is 0.109. The average molecular weight is 308 g/mol. The maximum Gasteiger partial charge on any atom is 0.224 e. The summed E-state index contributed by atoms with van der Waals surface area (Å²) >= 11 is 1.75. The highest BCUT2D eigenvalue weighted by atomic mass is 32.2. The van der Waals surface area contributed by atoms with Crippen molar-refractivity contribution in [3.8, 4) is 0 Å². The molecule has 0 bridgehead atoms. The Morgan fingerprint density at radius 2 is 2.00 bits per heavy atom. The van der Waals surface area contributed by atoms with Gasteiger partial charge in [-0.1, -0.05) is 38.8 Å². The largest absolute Gasteiger partial charge is 0.330 e. The van der Waals surface area contributed by atoms with E-state index < -0.39 is 0 Å². The molecule has 1 atom stereocenters. The van der Waals surface area contributed by atoms with Crippen molar-refractivity contribution in [3.63, 3.8) is 0 Å². The average Bonchev–Trinajstić information content (AvgIpc) is 2.47. The van der Waals surface area contributed by atoms with Crippen LogP contribution >= 0.6 is 11.8 Å². The second-order valence-corrected chi connectivity index (χ2v) is 6.55. The number of amides is 1. The molecular weight excluding hydrogens is 280 g/mol. The van der Waals surface area contributed by atoms with Crippen molar-refractivity contribution < 1.29 is 4.79 Å². The molecule has 1 aromatic carbocycles. The van der Waals surface area contributed by atoms with Crippen molar-refractivity contribution in [1.82, 2.24) is 0 Å². The first kappa shape index (κ1) is 18.1. The smallest absolute Gasteiger partial charge is 0.224 e. The predicted octanol–water partition coefficient (Wildman–Crippen LogP) is 4.28. The van der Waals surface area contributed by atoms with Crippen molar-refractivity contribution in [2.45, 2.75) is 50.8 Å². The van der Waals surface area contributed by atoms with E-state index in [0.29, 0.717) is 18.9 Å². The molecule has 0 fully saturated rings. The minimum atomic E-state index is 0.109. The Morgan fingerprint density at radius 1 is 1.24 bits per heavy atom. The number of nitrogens with one attached hydrogen (secondary N) is 1. The highest BCUT2D eigenvalue weighted by molar-refractivity contribution is 7.99. The normalized spacial score (nSPS) is 12.1. The Balaban J connectivity index is 2.49. The standard InChI is InChI=1S/C17H28N2OS/c1-3-7-14(12-13-18)10-11-17(20)19-15-8-5-6-9-16(15)21-4-2/h5-6,8-9,14H,3-4,7,10-13,18H2,1-2H3,(H,19,20). The van der Waals surface area contributed by atoms with Gasteiger partial charge in [-0.2, -0.15) is 0 Å². The number of hydrogen-bond acceptors (Lipinski definition) is 3. The van der Waals surface area contributed by atoms with Gasteiger partial charge in [0.1, 0.15) is 0 Å². The van der Waals surface area contributed by atoms with E-state index in [1.165, 1.54) is 0 Å². The van der Waals surface area contributed by atoms with E-state index in [-0.39, 0.29) is 5.91 Å². The summed E-state index contributed by atoms with van der Waals surface area (Å²) in [6.07, 6.45) is 4.84. The van der Waals surface area contributed by atoms with Gasteiger partial charge in [0, 0.05) is 11.3 Å². The summed E-state index contributed by atoms with van der Waals surface area (Å²) in [4.78, 5) is 13.3.